The van der Waals surface area contributed by atoms with E-state index in [1.54, 1.807) is 13.2 Å². The Hall–Kier alpha value is -4.91. The summed E-state index contributed by atoms with van der Waals surface area (Å²) in [6, 6.07) is 26.9. The highest BCUT2D eigenvalue weighted by Gasteiger charge is 2.22. The molecule has 1 heterocycles. The van der Waals surface area contributed by atoms with Gasteiger partial charge in [0, 0.05) is 18.1 Å². The normalized spacial score (nSPS) is 10.8. The molecular weight excluding hydrogens is 508 g/mol. The molecule has 1 aromatic heterocycles. The number of fused-ring (bicyclic) bond motifs is 1. The van der Waals surface area contributed by atoms with E-state index in [4.69, 9.17) is 28.1 Å². The van der Waals surface area contributed by atoms with Gasteiger partial charge in [-0.1, -0.05) is 66.7 Å². The summed E-state index contributed by atoms with van der Waals surface area (Å²) in [4.78, 5) is 13.7. The number of hydrogen-bond donors (Lipinski definition) is 0. The van der Waals surface area contributed by atoms with Gasteiger partial charge < -0.3 is 28.1 Å². The van der Waals surface area contributed by atoms with Crippen molar-refractivity contribution in [3.05, 3.63) is 124 Å². The van der Waals surface area contributed by atoms with Crippen LogP contribution in [0.4, 0.5) is 0 Å². The minimum absolute atomic E-state index is 0.214. The van der Waals surface area contributed by atoms with Crippen LogP contribution >= 0.6 is 0 Å². The van der Waals surface area contributed by atoms with E-state index >= 15 is 0 Å². The Morgan fingerprint density at radius 1 is 0.625 bits per heavy atom. The number of rotatable bonds is 11. The first-order chi connectivity index (χ1) is 19.6. The van der Waals surface area contributed by atoms with Crippen molar-refractivity contribution >= 4 is 11.0 Å². The molecule has 4 aromatic carbocycles. The van der Waals surface area contributed by atoms with Crippen molar-refractivity contribution in [3.63, 3.8) is 0 Å². The molecule has 0 radical (unpaired) electrons. The predicted molar refractivity (Wildman–Crippen MR) is 153 cm³/mol. The summed E-state index contributed by atoms with van der Waals surface area (Å²) >= 11 is 0. The van der Waals surface area contributed by atoms with E-state index in [1.165, 1.54) is 20.5 Å². The molecule has 5 rings (SSSR count). The Kier molecular flexibility index (Phi) is 8.21. The Balaban J connectivity index is 1.45. The molecule has 0 saturated heterocycles. The van der Waals surface area contributed by atoms with Crippen LogP contribution in [0.5, 0.6) is 28.7 Å². The summed E-state index contributed by atoms with van der Waals surface area (Å²) in [6.07, 6.45) is 1.80. The first-order valence-corrected chi connectivity index (χ1v) is 12.8. The standard InChI is InChI=1S/C33H30O7/c1-35-26-15-14-24(17-27(26)38-19-22-10-6-4-7-11-22)16-25-21-40-28-18-29(39-20-23-12-8-5-9-13-23)32(36-2)33(37-3)30(28)31(25)34/h4-15,17-18,21H,16,19-20H2,1-3H3. The third-order valence-corrected chi connectivity index (χ3v) is 6.52. The minimum Gasteiger partial charge on any atom is -0.493 e. The quantitative estimate of drug-likeness (QED) is 0.188. The molecule has 0 unspecified atom stereocenters. The molecule has 0 aliphatic rings. The zero-order chi connectivity index (χ0) is 27.9. The van der Waals surface area contributed by atoms with E-state index in [1.807, 2.05) is 78.9 Å². The molecule has 5 aromatic rings. The molecule has 7 nitrogen and oxygen atoms in total. The number of hydrogen-bond acceptors (Lipinski definition) is 7. The van der Waals surface area contributed by atoms with Crippen LogP contribution in [0, 0.1) is 0 Å². The third-order valence-electron chi connectivity index (χ3n) is 6.52. The van der Waals surface area contributed by atoms with Crippen LogP contribution in [0.15, 0.2) is 100 Å². The zero-order valence-corrected chi connectivity index (χ0v) is 22.6. The Morgan fingerprint density at radius 2 is 1.25 bits per heavy atom. The monoisotopic (exact) mass is 538 g/mol. The van der Waals surface area contributed by atoms with Crippen LogP contribution < -0.4 is 29.1 Å². The molecule has 0 N–H and O–H groups in total. The summed E-state index contributed by atoms with van der Waals surface area (Å²) in [5.41, 5.74) is 3.49. The van der Waals surface area contributed by atoms with Gasteiger partial charge in [-0.05, 0) is 28.8 Å². The van der Waals surface area contributed by atoms with Gasteiger partial charge >= 0.3 is 0 Å². The summed E-state index contributed by atoms with van der Waals surface area (Å²) in [5, 5.41) is 0.290. The molecule has 40 heavy (non-hydrogen) atoms. The number of ether oxygens (including phenoxy) is 5. The lowest BCUT2D eigenvalue weighted by Crippen LogP contribution is -2.11. The van der Waals surface area contributed by atoms with E-state index in [2.05, 4.69) is 0 Å². The van der Waals surface area contributed by atoms with Gasteiger partial charge in [0.15, 0.2) is 28.4 Å². The van der Waals surface area contributed by atoms with E-state index in [9.17, 15) is 4.79 Å². The van der Waals surface area contributed by atoms with Gasteiger partial charge in [-0.25, -0.2) is 0 Å². The molecule has 0 aliphatic carbocycles. The van der Waals surface area contributed by atoms with Crippen molar-refractivity contribution in [1.29, 1.82) is 0 Å². The van der Waals surface area contributed by atoms with Crippen LogP contribution in [-0.4, -0.2) is 21.3 Å². The average molecular weight is 539 g/mol. The summed E-state index contributed by atoms with van der Waals surface area (Å²) in [6.45, 7) is 0.713. The Labute approximate surface area is 232 Å². The van der Waals surface area contributed by atoms with Crippen molar-refractivity contribution in [2.45, 2.75) is 19.6 Å². The lowest BCUT2D eigenvalue weighted by atomic mass is 10.0. The van der Waals surface area contributed by atoms with Crippen molar-refractivity contribution in [2.24, 2.45) is 0 Å². The van der Waals surface area contributed by atoms with Gasteiger partial charge in [-0.3, -0.25) is 4.79 Å². The van der Waals surface area contributed by atoms with Crippen molar-refractivity contribution in [3.8, 4) is 28.7 Å². The largest absolute Gasteiger partial charge is 0.493 e. The van der Waals surface area contributed by atoms with Gasteiger partial charge in [0.2, 0.25) is 5.75 Å². The van der Waals surface area contributed by atoms with E-state index in [0.29, 0.717) is 53.8 Å². The average Bonchev–Trinajstić information content (AvgIpc) is 3.00. The fraction of sp³-hybridized carbons (Fsp3) is 0.182. The molecule has 0 amide bonds. The first kappa shape index (κ1) is 26.7. The molecule has 0 fully saturated rings. The van der Waals surface area contributed by atoms with Crippen molar-refractivity contribution in [2.75, 3.05) is 21.3 Å². The van der Waals surface area contributed by atoms with E-state index in [-0.39, 0.29) is 16.6 Å². The van der Waals surface area contributed by atoms with Crippen LogP contribution in [0.1, 0.15) is 22.3 Å². The second-order valence-electron chi connectivity index (χ2n) is 9.11. The highest BCUT2D eigenvalue weighted by atomic mass is 16.5. The highest BCUT2D eigenvalue weighted by molar-refractivity contribution is 5.89. The lowest BCUT2D eigenvalue weighted by Gasteiger charge is -2.16. The summed E-state index contributed by atoms with van der Waals surface area (Å²) < 4.78 is 34.8. The van der Waals surface area contributed by atoms with Crippen LogP contribution in [0.2, 0.25) is 0 Å². The van der Waals surface area contributed by atoms with Gasteiger partial charge in [-0.15, -0.1) is 0 Å². The summed E-state index contributed by atoms with van der Waals surface area (Å²) in [7, 11) is 4.60. The maximum Gasteiger partial charge on any atom is 0.204 e. The summed E-state index contributed by atoms with van der Waals surface area (Å²) in [5.74, 6) is 2.21. The van der Waals surface area contributed by atoms with Crippen LogP contribution in [0.25, 0.3) is 11.0 Å². The second kappa shape index (κ2) is 12.3. The van der Waals surface area contributed by atoms with Crippen LogP contribution in [0.3, 0.4) is 0 Å². The van der Waals surface area contributed by atoms with Gasteiger partial charge in [0.1, 0.15) is 24.2 Å². The SMILES string of the molecule is COc1ccc(Cc2coc3cc(OCc4ccccc4)c(OC)c(OC)c3c2=O)cc1OCc1ccccc1. The third kappa shape index (κ3) is 5.73. The van der Waals surface area contributed by atoms with Gasteiger partial charge in [0.25, 0.3) is 0 Å². The van der Waals surface area contributed by atoms with E-state index < -0.39 is 0 Å². The Bertz CT molecular complexity index is 1640. The maximum atomic E-state index is 13.7. The van der Waals surface area contributed by atoms with E-state index in [0.717, 1.165) is 16.7 Å². The fourth-order valence-electron chi connectivity index (χ4n) is 4.50. The lowest BCUT2D eigenvalue weighted by molar-refractivity contribution is 0.276. The Morgan fingerprint density at radius 3 is 1.85 bits per heavy atom. The second-order valence-corrected chi connectivity index (χ2v) is 9.11. The number of benzene rings is 4. The van der Waals surface area contributed by atoms with Gasteiger partial charge in [0.05, 0.1) is 27.6 Å². The molecule has 0 bridgehead atoms. The molecule has 0 atom stereocenters. The zero-order valence-electron chi connectivity index (χ0n) is 22.6. The molecule has 0 spiro atoms. The van der Waals surface area contributed by atoms with Gasteiger partial charge in [-0.2, -0.15) is 0 Å². The topological polar surface area (TPSA) is 76.4 Å². The van der Waals surface area contributed by atoms with Crippen molar-refractivity contribution in [1.82, 2.24) is 0 Å². The molecular formula is C33H30O7. The smallest absolute Gasteiger partial charge is 0.204 e. The van der Waals surface area contributed by atoms with Crippen LogP contribution in [-0.2, 0) is 19.6 Å². The molecule has 204 valence electrons. The number of methoxy groups -OCH3 is 3. The molecule has 7 heteroatoms. The van der Waals surface area contributed by atoms with Crippen molar-refractivity contribution < 1.29 is 28.1 Å². The minimum atomic E-state index is -0.214. The highest BCUT2D eigenvalue weighted by Crippen LogP contribution is 2.43. The first-order valence-electron chi connectivity index (χ1n) is 12.8. The maximum absolute atomic E-state index is 13.7. The molecule has 0 saturated carbocycles. The fourth-order valence-corrected chi connectivity index (χ4v) is 4.50. The predicted octanol–water partition coefficient (Wildman–Crippen LogP) is 6.57. The molecule has 0 aliphatic heterocycles.